The van der Waals surface area contributed by atoms with Crippen LogP contribution in [0.2, 0.25) is 0 Å². The molecule has 1 heterocycles. The molecule has 4 nitrogen and oxygen atoms in total. The van der Waals surface area contributed by atoms with Gasteiger partial charge in [0.1, 0.15) is 11.6 Å². The molecule has 21 heavy (non-hydrogen) atoms. The van der Waals surface area contributed by atoms with Gasteiger partial charge in [-0.15, -0.1) is 11.6 Å². The lowest BCUT2D eigenvalue weighted by Crippen LogP contribution is -2.11. The molecule has 0 aliphatic heterocycles. The minimum atomic E-state index is 0.573. The molecule has 1 aliphatic rings. The van der Waals surface area contributed by atoms with Gasteiger partial charge in [-0.3, -0.25) is 0 Å². The number of fused-ring (bicyclic) bond motifs is 1. The Kier molecular flexibility index (Phi) is 4.66. The molecule has 1 aliphatic carbocycles. The Hall–Kier alpha value is -1.26. The smallest absolute Gasteiger partial charge is 0.121 e. The van der Waals surface area contributed by atoms with Crippen LogP contribution in [0.1, 0.15) is 18.7 Å². The summed E-state index contributed by atoms with van der Waals surface area (Å²) in [5.41, 5.74) is 2.07. The van der Waals surface area contributed by atoms with Crippen LogP contribution in [0, 0.1) is 5.92 Å². The third-order valence-corrected chi connectivity index (χ3v) is 4.05. The van der Waals surface area contributed by atoms with Crippen LogP contribution in [0.3, 0.4) is 0 Å². The molecule has 1 fully saturated rings. The van der Waals surface area contributed by atoms with Crippen molar-refractivity contribution in [1.82, 2.24) is 9.55 Å². The maximum absolute atomic E-state index is 5.90. The number of rotatable bonds is 8. The van der Waals surface area contributed by atoms with E-state index in [1.54, 1.807) is 7.11 Å². The minimum absolute atomic E-state index is 0.573. The van der Waals surface area contributed by atoms with Crippen LogP contribution in [-0.4, -0.2) is 35.8 Å². The van der Waals surface area contributed by atoms with Gasteiger partial charge in [-0.2, -0.15) is 0 Å². The maximum atomic E-state index is 5.90. The molecule has 0 N–H and O–H groups in total. The number of nitrogens with zero attached hydrogens (tertiary/aromatic N) is 2. The van der Waals surface area contributed by atoms with E-state index < -0.39 is 0 Å². The molecule has 2 aromatic rings. The summed E-state index contributed by atoms with van der Waals surface area (Å²) in [6.07, 6.45) is 3.41. The van der Waals surface area contributed by atoms with Gasteiger partial charge in [0, 0.05) is 31.5 Å². The van der Waals surface area contributed by atoms with E-state index in [-0.39, 0.29) is 0 Å². The second-order valence-corrected chi connectivity index (χ2v) is 5.87. The molecule has 1 aromatic carbocycles. The highest BCUT2D eigenvalue weighted by molar-refractivity contribution is 6.17. The summed E-state index contributed by atoms with van der Waals surface area (Å²) in [5.74, 6) is 3.22. The van der Waals surface area contributed by atoms with Gasteiger partial charge in [0.15, 0.2) is 0 Å². The number of benzene rings is 1. The van der Waals surface area contributed by atoms with E-state index in [0.717, 1.165) is 54.7 Å². The van der Waals surface area contributed by atoms with Crippen LogP contribution in [0.4, 0.5) is 0 Å². The third kappa shape index (κ3) is 3.50. The number of aromatic nitrogens is 2. The molecule has 0 bridgehead atoms. The molecular weight excluding hydrogens is 288 g/mol. The monoisotopic (exact) mass is 308 g/mol. The molecule has 0 spiro atoms. The number of alkyl halides is 1. The van der Waals surface area contributed by atoms with Crippen LogP contribution >= 0.6 is 11.6 Å². The fraction of sp³-hybridized carbons (Fsp3) is 0.562. The van der Waals surface area contributed by atoms with Gasteiger partial charge < -0.3 is 14.0 Å². The van der Waals surface area contributed by atoms with Gasteiger partial charge in [0.05, 0.1) is 24.8 Å². The van der Waals surface area contributed by atoms with Crippen LogP contribution in [-0.2, 0) is 17.7 Å². The Morgan fingerprint density at radius 1 is 1.38 bits per heavy atom. The Bertz CT molecular complexity index is 608. The number of ether oxygens (including phenoxy) is 2. The quantitative estimate of drug-likeness (QED) is 0.555. The van der Waals surface area contributed by atoms with Crippen molar-refractivity contribution in [2.24, 2.45) is 5.92 Å². The van der Waals surface area contributed by atoms with Crippen LogP contribution < -0.4 is 4.74 Å². The van der Waals surface area contributed by atoms with Crippen molar-refractivity contribution >= 4 is 22.6 Å². The molecule has 114 valence electrons. The van der Waals surface area contributed by atoms with Crippen molar-refractivity contribution in [1.29, 1.82) is 0 Å². The second kappa shape index (κ2) is 6.67. The zero-order chi connectivity index (χ0) is 14.7. The molecule has 0 saturated heterocycles. The molecule has 0 unspecified atom stereocenters. The fourth-order valence-electron chi connectivity index (χ4n) is 2.50. The Labute approximate surface area is 130 Å². The van der Waals surface area contributed by atoms with Crippen molar-refractivity contribution in [2.45, 2.75) is 25.8 Å². The van der Waals surface area contributed by atoms with Gasteiger partial charge >= 0.3 is 0 Å². The average Bonchev–Trinajstić information content (AvgIpc) is 3.26. The predicted octanol–water partition coefficient (Wildman–Crippen LogP) is 3.25. The van der Waals surface area contributed by atoms with E-state index in [0.29, 0.717) is 5.88 Å². The highest BCUT2D eigenvalue weighted by Crippen LogP contribution is 2.28. The summed E-state index contributed by atoms with van der Waals surface area (Å²) in [6, 6.07) is 5.99. The zero-order valence-electron chi connectivity index (χ0n) is 12.3. The SMILES string of the molecule is COc1ccc2c(c1)nc(CCCl)n2CCOCC1CC1. The van der Waals surface area contributed by atoms with Gasteiger partial charge in [0.25, 0.3) is 0 Å². The number of hydrogen-bond donors (Lipinski definition) is 0. The first-order valence-corrected chi connectivity index (χ1v) is 8.02. The molecule has 1 aromatic heterocycles. The number of imidazole rings is 1. The largest absolute Gasteiger partial charge is 0.497 e. The predicted molar refractivity (Wildman–Crippen MR) is 84.3 cm³/mol. The first-order valence-electron chi connectivity index (χ1n) is 7.48. The van der Waals surface area contributed by atoms with E-state index in [1.807, 2.05) is 12.1 Å². The Morgan fingerprint density at radius 3 is 2.95 bits per heavy atom. The Balaban J connectivity index is 1.77. The lowest BCUT2D eigenvalue weighted by molar-refractivity contribution is 0.117. The lowest BCUT2D eigenvalue weighted by atomic mass is 10.3. The summed E-state index contributed by atoms with van der Waals surface area (Å²) in [7, 11) is 1.67. The summed E-state index contributed by atoms with van der Waals surface area (Å²) in [6.45, 7) is 2.44. The molecule has 5 heteroatoms. The van der Waals surface area contributed by atoms with E-state index in [9.17, 15) is 0 Å². The highest BCUT2D eigenvalue weighted by atomic mass is 35.5. The molecule has 0 amide bonds. The van der Waals surface area contributed by atoms with Crippen LogP contribution in [0.15, 0.2) is 18.2 Å². The molecule has 3 rings (SSSR count). The standard InChI is InChI=1S/C16H21ClN2O2/c1-20-13-4-5-15-14(10-13)18-16(6-7-17)19(15)8-9-21-11-12-2-3-12/h4-5,10,12H,2-3,6-9,11H2,1H3. The van der Waals surface area contributed by atoms with E-state index in [4.69, 9.17) is 21.1 Å². The van der Waals surface area contributed by atoms with Crippen molar-refractivity contribution in [3.05, 3.63) is 24.0 Å². The molecular formula is C16H21ClN2O2. The summed E-state index contributed by atoms with van der Waals surface area (Å²) in [5, 5.41) is 0. The number of hydrogen-bond acceptors (Lipinski definition) is 3. The molecule has 1 saturated carbocycles. The Morgan fingerprint density at radius 2 is 2.24 bits per heavy atom. The number of methoxy groups -OCH3 is 1. The zero-order valence-corrected chi connectivity index (χ0v) is 13.1. The summed E-state index contributed by atoms with van der Waals surface area (Å²) >= 11 is 5.90. The summed E-state index contributed by atoms with van der Waals surface area (Å²) < 4.78 is 13.2. The van der Waals surface area contributed by atoms with E-state index >= 15 is 0 Å². The van der Waals surface area contributed by atoms with Crippen LogP contribution in [0.25, 0.3) is 11.0 Å². The topological polar surface area (TPSA) is 36.3 Å². The fourth-order valence-corrected chi connectivity index (χ4v) is 2.67. The number of aryl methyl sites for hydroxylation is 1. The van der Waals surface area contributed by atoms with Gasteiger partial charge in [0.2, 0.25) is 0 Å². The first-order chi connectivity index (χ1) is 10.3. The van der Waals surface area contributed by atoms with Crippen molar-refractivity contribution in [3.8, 4) is 5.75 Å². The second-order valence-electron chi connectivity index (χ2n) is 5.49. The number of halogens is 1. The van der Waals surface area contributed by atoms with E-state index in [1.165, 1.54) is 12.8 Å². The van der Waals surface area contributed by atoms with Crippen molar-refractivity contribution in [2.75, 3.05) is 26.2 Å². The molecule has 0 radical (unpaired) electrons. The van der Waals surface area contributed by atoms with Gasteiger partial charge in [-0.05, 0) is 30.9 Å². The minimum Gasteiger partial charge on any atom is -0.497 e. The summed E-state index contributed by atoms with van der Waals surface area (Å²) in [4.78, 5) is 4.68. The normalized spacial score (nSPS) is 14.8. The van der Waals surface area contributed by atoms with Crippen molar-refractivity contribution < 1.29 is 9.47 Å². The third-order valence-electron chi connectivity index (χ3n) is 3.86. The highest BCUT2D eigenvalue weighted by Gasteiger charge is 2.21. The van der Waals surface area contributed by atoms with Crippen molar-refractivity contribution in [3.63, 3.8) is 0 Å². The average molecular weight is 309 g/mol. The van der Waals surface area contributed by atoms with E-state index in [2.05, 4.69) is 15.6 Å². The first kappa shape index (κ1) is 14.7. The lowest BCUT2D eigenvalue weighted by Gasteiger charge is -2.09. The maximum Gasteiger partial charge on any atom is 0.121 e. The van der Waals surface area contributed by atoms with Gasteiger partial charge in [-0.25, -0.2) is 4.98 Å². The van der Waals surface area contributed by atoms with Crippen LogP contribution in [0.5, 0.6) is 5.75 Å². The van der Waals surface area contributed by atoms with Gasteiger partial charge in [-0.1, -0.05) is 0 Å². The molecule has 0 atom stereocenters.